The number of aliphatic hydroxyl groups excluding tert-OH is 1. The molecule has 272 valence electrons. The molecule has 2 N–H and O–H groups in total. The molecule has 1 aromatic heterocycles. The number of fused-ring (bicyclic) bond motifs is 1. The number of sulfonamides is 1. The lowest BCUT2D eigenvalue weighted by molar-refractivity contribution is -0.128. The third-order valence-electron chi connectivity index (χ3n) is 8.96. The van der Waals surface area contributed by atoms with Crippen molar-refractivity contribution >= 4 is 33.0 Å². The van der Waals surface area contributed by atoms with E-state index in [-0.39, 0.29) is 48.8 Å². The number of carbonyl (C=O) groups is 2. The number of hydrogen-bond acceptors (Lipinski definition) is 8. The highest BCUT2D eigenvalue weighted by Crippen LogP contribution is 2.24. The summed E-state index contributed by atoms with van der Waals surface area (Å²) in [6, 6.07) is 21.1. The molecule has 0 unspecified atom stereocenters. The van der Waals surface area contributed by atoms with Gasteiger partial charge in [0.1, 0.15) is 11.8 Å². The van der Waals surface area contributed by atoms with Gasteiger partial charge in [-0.3, -0.25) is 9.78 Å². The first-order valence-corrected chi connectivity index (χ1v) is 18.7. The van der Waals surface area contributed by atoms with Crippen LogP contribution >= 0.6 is 0 Å². The number of rotatable bonds is 16. The van der Waals surface area contributed by atoms with Gasteiger partial charge in [-0.05, 0) is 60.2 Å². The second kappa shape index (κ2) is 16.6. The van der Waals surface area contributed by atoms with E-state index in [0.29, 0.717) is 24.5 Å². The molecule has 13 heteroatoms. The van der Waals surface area contributed by atoms with Crippen LogP contribution in [0.3, 0.4) is 0 Å². The molecule has 1 saturated heterocycles. The molecule has 0 bridgehead atoms. The Hall–Kier alpha value is -4.59. The highest BCUT2D eigenvalue weighted by Gasteiger charge is 2.40. The number of nitrogens with one attached hydrogen (secondary N) is 1. The van der Waals surface area contributed by atoms with Crippen molar-refractivity contribution < 1.29 is 27.9 Å². The first kappa shape index (κ1) is 37.7. The molecule has 5 rings (SSSR count). The number of hydrogen-bond donors (Lipinski definition) is 2. The average molecular weight is 717 g/mol. The summed E-state index contributed by atoms with van der Waals surface area (Å²) in [6.45, 7) is 8.48. The summed E-state index contributed by atoms with van der Waals surface area (Å²) in [5, 5.41) is 14.8. The highest BCUT2D eigenvalue weighted by molar-refractivity contribution is 7.89. The summed E-state index contributed by atoms with van der Waals surface area (Å²) in [5.41, 5.74) is 3.02. The van der Waals surface area contributed by atoms with Crippen molar-refractivity contribution in [2.75, 3.05) is 33.3 Å². The van der Waals surface area contributed by atoms with Gasteiger partial charge in [0.15, 0.2) is 0 Å². The molecule has 3 aromatic carbocycles. The van der Waals surface area contributed by atoms with E-state index in [9.17, 15) is 23.1 Å². The van der Waals surface area contributed by atoms with E-state index in [1.54, 1.807) is 28.1 Å². The fraction of sp³-hybridized carbons (Fsp3) is 0.421. The summed E-state index contributed by atoms with van der Waals surface area (Å²) < 4.78 is 34.2. The number of aromatic nitrogens is 2. The summed E-state index contributed by atoms with van der Waals surface area (Å²) in [5.74, 6) is -0.185. The minimum absolute atomic E-state index is 0.0394. The number of amides is 3. The maximum atomic E-state index is 14.2. The minimum Gasteiger partial charge on any atom is -0.497 e. The normalized spacial score (nSPS) is 15.5. The Morgan fingerprint density at radius 3 is 2.25 bits per heavy atom. The molecular formula is C38H48N6O6S. The van der Waals surface area contributed by atoms with Crippen molar-refractivity contribution in [3.8, 4) is 5.75 Å². The summed E-state index contributed by atoms with van der Waals surface area (Å²) in [6.07, 6.45) is 0.640. The Bertz CT molecular complexity index is 1890. The van der Waals surface area contributed by atoms with Crippen molar-refractivity contribution in [3.05, 3.63) is 96.3 Å². The fourth-order valence-corrected chi connectivity index (χ4v) is 8.03. The highest BCUT2D eigenvalue weighted by atomic mass is 32.2. The molecular weight excluding hydrogens is 669 g/mol. The third kappa shape index (κ3) is 9.21. The quantitative estimate of drug-likeness (QED) is 0.174. The van der Waals surface area contributed by atoms with Crippen molar-refractivity contribution in [2.24, 2.45) is 11.8 Å². The number of para-hydroxylation sites is 2. The lowest BCUT2D eigenvalue weighted by Gasteiger charge is -2.34. The number of ether oxygens (including phenoxy) is 1. The van der Waals surface area contributed by atoms with E-state index in [0.717, 1.165) is 16.6 Å². The number of carbonyl (C=O) groups excluding carboxylic acids is 2. The first-order chi connectivity index (χ1) is 24.4. The van der Waals surface area contributed by atoms with Gasteiger partial charge in [-0.1, -0.05) is 70.2 Å². The van der Waals surface area contributed by atoms with Crippen LogP contribution in [0.4, 0.5) is 4.79 Å². The van der Waals surface area contributed by atoms with Crippen LogP contribution in [-0.4, -0.2) is 101 Å². The van der Waals surface area contributed by atoms with Gasteiger partial charge in [-0.15, -0.1) is 0 Å². The molecule has 3 amide bonds. The topological polar surface area (TPSA) is 145 Å². The molecule has 4 aromatic rings. The molecule has 2 heterocycles. The van der Waals surface area contributed by atoms with Gasteiger partial charge < -0.3 is 25.0 Å². The molecule has 0 radical (unpaired) electrons. The van der Waals surface area contributed by atoms with Crippen LogP contribution in [0, 0.1) is 11.8 Å². The van der Waals surface area contributed by atoms with Crippen LogP contribution in [0.1, 0.15) is 39.0 Å². The van der Waals surface area contributed by atoms with Gasteiger partial charge >= 0.3 is 6.03 Å². The Kier molecular flexibility index (Phi) is 12.3. The van der Waals surface area contributed by atoms with E-state index >= 15 is 0 Å². The maximum Gasteiger partial charge on any atom is 0.321 e. The molecule has 0 saturated carbocycles. The van der Waals surface area contributed by atoms with Gasteiger partial charge in [0, 0.05) is 26.2 Å². The van der Waals surface area contributed by atoms with Crippen LogP contribution in [0.25, 0.3) is 11.0 Å². The van der Waals surface area contributed by atoms with Gasteiger partial charge in [-0.2, -0.15) is 4.31 Å². The monoisotopic (exact) mass is 716 g/mol. The molecule has 0 spiro atoms. The molecule has 3 atom stereocenters. The standard InChI is InChI=1S/C38H48N6O6S/c1-26(2)23-43(51(48,49)31-17-15-30(50-5)16-18-31)25-35(45)34(21-28-11-7-6-8-12-28)41-37(46)36(27(3)4)44-20-19-42(38(44)47)24-29-22-39-32-13-9-10-14-33(32)40-29/h6-18,22,26-27,34-36,45H,19-21,23-25H2,1-5H3,(H,41,46)/t34-,35+,36-/m0/s1. The zero-order chi connectivity index (χ0) is 36.7. The number of aliphatic hydroxyl groups is 1. The Labute approximate surface area is 300 Å². The summed E-state index contributed by atoms with van der Waals surface area (Å²) >= 11 is 0. The second-order valence-corrected chi connectivity index (χ2v) is 15.6. The predicted molar refractivity (Wildman–Crippen MR) is 195 cm³/mol. The van der Waals surface area contributed by atoms with Crippen LogP contribution in [0.15, 0.2) is 90.0 Å². The molecule has 1 aliphatic heterocycles. The molecule has 51 heavy (non-hydrogen) atoms. The van der Waals surface area contributed by atoms with Crippen LogP contribution in [0.5, 0.6) is 5.75 Å². The van der Waals surface area contributed by atoms with Crippen molar-refractivity contribution in [3.63, 3.8) is 0 Å². The van der Waals surface area contributed by atoms with Crippen LogP contribution in [-0.2, 0) is 27.8 Å². The number of nitrogens with zero attached hydrogens (tertiary/aromatic N) is 5. The van der Waals surface area contributed by atoms with Gasteiger partial charge in [0.05, 0.1) is 53.6 Å². The zero-order valence-corrected chi connectivity index (χ0v) is 30.7. The SMILES string of the molecule is COc1ccc(S(=O)(=O)N(CC(C)C)C[C@@H](O)[C@H](Cc2ccccc2)NC(=O)[C@H](C(C)C)N2CCN(Cc3cnc4ccccc4n3)C2=O)cc1. The molecule has 1 aliphatic rings. The summed E-state index contributed by atoms with van der Waals surface area (Å²) in [4.78, 5) is 40.4. The number of benzene rings is 3. The van der Waals surface area contributed by atoms with E-state index in [2.05, 4.69) is 15.3 Å². The van der Waals surface area contributed by atoms with Crippen molar-refractivity contribution in [2.45, 2.75) is 63.7 Å². The van der Waals surface area contributed by atoms with Crippen molar-refractivity contribution in [1.82, 2.24) is 29.4 Å². The molecule has 1 fully saturated rings. The largest absolute Gasteiger partial charge is 0.497 e. The summed E-state index contributed by atoms with van der Waals surface area (Å²) in [7, 11) is -2.50. The van der Waals surface area contributed by atoms with Gasteiger partial charge in [0.25, 0.3) is 0 Å². The molecule has 12 nitrogen and oxygen atoms in total. The lowest BCUT2D eigenvalue weighted by atomic mass is 9.97. The Morgan fingerprint density at radius 2 is 1.61 bits per heavy atom. The van der Waals surface area contributed by atoms with Crippen LogP contribution in [0.2, 0.25) is 0 Å². The van der Waals surface area contributed by atoms with E-state index in [1.165, 1.54) is 23.5 Å². The van der Waals surface area contributed by atoms with E-state index in [1.807, 2.05) is 82.3 Å². The van der Waals surface area contributed by atoms with Crippen LogP contribution < -0.4 is 10.1 Å². The minimum atomic E-state index is -4.01. The maximum absolute atomic E-state index is 14.2. The van der Waals surface area contributed by atoms with Gasteiger partial charge in [-0.25, -0.2) is 18.2 Å². The van der Waals surface area contributed by atoms with Crippen molar-refractivity contribution in [1.29, 1.82) is 0 Å². The van der Waals surface area contributed by atoms with E-state index < -0.39 is 34.1 Å². The Balaban J connectivity index is 1.35. The average Bonchev–Trinajstić information content (AvgIpc) is 3.46. The zero-order valence-electron chi connectivity index (χ0n) is 29.8. The van der Waals surface area contributed by atoms with E-state index in [4.69, 9.17) is 4.74 Å². The fourth-order valence-electron chi connectivity index (χ4n) is 6.41. The predicted octanol–water partition coefficient (Wildman–Crippen LogP) is 4.34. The van der Waals surface area contributed by atoms with Gasteiger partial charge in [0.2, 0.25) is 15.9 Å². The lowest BCUT2D eigenvalue weighted by Crippen LogP contribution is -2.57. The number of methoxy groups -OCH3 is 1. The Morgan fingerprint density at radius 1 is 0.941 bits per heavy atom. The number of urea groups is 1. The first-order valence-electron chi connectivity index (χ1n) is 17.3. The third-order valence-corrected chi connectivity index (χ3v) is 10.8. The smallest absolute Gasteiger partial charge is 0.321 e. The second-order valence-electron chi connectivity index (χ2n) is 13.7. The molecule has 0 aliphatic carbocycles.